The van der Waals surface area contributed by atoms with Crippen molar-refractivity contribution in [1.29, 1.82) is 0 Å². The van der Waals surface area contributed by atoms with E-state index in [0.717, 1.165) is 10.8 Å². The van der Waals surface area contributed by atoms with Crippen molar-refractivity contribution in [3.05, 3.63) is 42.2 Å². The second-order valence-electron chi connectivity index (χ2n) is 5.16. The van der Waals surface area contributed by atoms with E-state index in [1.54, 1.807) is 6.20 Å². The summed E-state index contributed by atoms with van der Waals surface area (Å²) in [6.45, 7) is 3.91. The largest absolute Gasteiger partial charge is 0.346 e. The summed E-state index contributed by atoms with van der Waals surface area (Å²) >= 11 is 5.74. The van der Waals surface area contributed by atoms with E-state index in [0.29, 0.717) is 18.0 Å². The van der Waals surface area contributed by atoms with E-state index in [2.05, 4.69) is 10.3 Å². The summed E-state index contributed by atoms with van der Waals surface area (Å²) in [7, 11) is 0. The molecule has 0 saturated heterocycles. The van der Waals surface area contributed by atoms with E-state index < -0.39 is 0 Å². The van der Waals surface area contributed by atoms with Crippen LogP contribution in [0.1, 0.15) is 30.8 Å². The first kappa shape index (κ1) is 13.8. The first-order valence-electron chi connectivity index (χ1n) is 6.26. The van der Waals surface area contributed by atoms with Crippen LogP contribution >= 0.6 is 11.6 Å². The van der Waals surface area contributed by atoms with Crippen molar-refractivity contribution in [2.45, 2.75) is 25.8 Å². The van der Waals surface area contributed by atoms with Gasteiger partial charge in [0.15, 0.2) is 0 Å². The van der Waals surface area contributed by atoms with Crippen LogP contribution in [-0.4, -0.2) is 22.3 Å². The van der Waals surface area contributed by atoms with Crippen molar-refractivity contribution in [3.8, 4) is 0 Å². The van der Waals surface area contributed by atoms with Crippen LogP contribution in [0.25, 0.3) is 10.8 Å². The van der Waals surface area contributed by atoms with Gasteiger partial charge in [0.05, 0.1) is 0 Å². The Morgan fingerprint density at radius 3 is 2.79 bits per heavy atom. The number of nitrogens with one attached hydrogen (secondary N) is 1. The second-order valence-corrected chi connectivity index (χ2v) is 5.54. The number of nitrogens with zero attached hydrogens (tertiary/aromatic N) is 1. The van der Waals surface area contributed by atoms with Gasteiger partial charge in [-0.15, -0.1) is 11.6 Å². The van der Waals surface area contributed by atoms with Crippen LogP contribution in [0.5, 0.6) is 0 Å². The molecule has 0 aliphatic rings. The number of benzene rings is 1. The number of halogens is 1. The lowest BCUT2D eigenvalue weighted by atomic mass is 10.0. The number of aromatic nitrogens is 1. The average Bonchev–Trinajstić information content (AvgIpc) is 2.37. The quantitative estimate of drug-likeness (QED) is 0.870. The van der Waals surface area contributed by atoms with Gasteiger partial charge >= 0.3 is 0 Å². The zero-order valence-corrected chi connectivity index (χ0v) is 11.9. The minimum atomic E-state index is -0.336. The molecule has 0 aliphatic heterocycles. The third-order valence-electron chi connectivity index (χ3n) is 3.06. The normalized spacial score (nSPS) is 11.5. The smallest absolute Gasteiger partial charge is 0.270 e. The van der Waals surface area contributed by atoms with Gasteiger partial charge in [0.25, 0.3) is 5.91 Å². The van der Waals surface area contributed by atoms with Crippen molar-refractivity contribution < 1.29 is 4.79 Å². The fourth-order valence-corrected chi connectivity index (χ4v) is 2.44. The Labute approximate surface area is 118 Å². The van der Waals surface area contributed by atoms with Crippen molar-refractivity contribution in [1.82, 2.24) is 10.3 Å². The van der Waals surface area contributed by atoms with Crippen molar-refractivity contribution >= 4 is 28.3 Å². The van der Waals surface area contributed by atoms with Gasteiger partial charge in [-0.25, -0.2) is 0 Å². The Kier molecular flexibility index (Phi) is 4.05. The van der Waals surface area contributed by atoms with Gasteiger partial charge in [0.2, 0.25) is 0 Å². The van der Waals surface area contributed by atoms with Crippen molar-refractivity contribution in [3.63, 3.8) is 0 Å². The fraction of sp³-hybridized carbons (Fsp3) is 0.333. The molecule has 0 saturated carbocycles. The molecule has 0 bridgehead atoms. The third-order valence-corrected chi connectivity index (χ3v) is 3.25. The van der Waals surface area contributed by atoms with E-state index in [-0.39, 0.29) is 11.4 Å². The molecule has 0 radical (unpaired) electrons. The van der Waals surface area contributed by atoms with Gasteiger partial charge in [0, 0.05) is 23.0 Å². The molecule has 0 unspecified atom stereocenters. The molecule has 1 aromatic heterocycles. The Hall–Kier alpha value is -1.61. The molecule has 2 aromatic rings. The maximum atomic E-state index is 12.3. The van der Waals surface area contributed by atoms with Crippen LogP contribution in [-0.2, 0) is 0 Å². The highest BCUT2D eigenvalue weighted by Gasteiger charge is 2.22. The van der Waals surface area contributed by atoms with E-state index in [1.165, 1.54) is 0 Å². The van der Waals surface area contributed by atoms with Crippen molar-refractivity contribution in [2.24, 2.45) is 0 Å². The molecule has 1 N–H and O–H groups in total. The summed E-state index contributed by atoms with van der Waals surface area (Å²) in [6, 6.07) is 9.63. The Morgan fingerprint density at radius 1 is 1.32 bits per heavy atom. The van der Waals surface area contributed by atoms with Gasteiger partial charge in [0.1, 0.15) is 5.69 Å². The molecule has 0 fully saturated rings. The van der Waals surface area contributed by atoms with Crippen LogP contribution in [0, 0.1) is 0 Å². The summed E-state index contributed by atoms with van der Waals surface area (Å²) in [5.74, 6) is 0.350. The summed E-state index contributed by atoms with van der Waals surface area (Å²) < 4.78 is 0. The molecule has 3 nitrogen and oxygen atoms in total. The summed E-state index contributed by atoms with van der Waals surface area (Å²) in [5.41, 5.74) is 0.123. The monoisotopic (exact) mass is 276 g/mol. The number of alkyl halides is 1. The number of amides is 1. The topological polar surface area (TPSA) is 42.0 Å². The summed E-state index contributed by atoms with van der Waals surface area (Å²) in [5, 5.41) is 4.86. The van der Waals surface area contributed by atoms with Gasteiger partial charge in [-0.2, -0.15) is 0 Å². The number of rotatable bonds is 4. The van der Waals surface area contributed by atoms with E-state index in [9.17, 15) is 4.79 Å². The molecular formula is C15H17ClN2O. The number of carbonyl (C=O) groups excluding carboxylic acids is 1. The van der Waals surface area contributed by atoms with Crippen LogP contribution in [0.3, 0.4) is 0 Å². The molecule has 19 heavy (non-hydrogen) atoms. The SMILES string of the molecule is CC(C)(CCCl)NC(=O)c1nccc2ccccc12. The predicted octanol–water partition coefficient (Wildman–Crippen LogP) is 3.37. The Bertz CT molecular complexity index is 590. The lowest BCUT2D eigenvalue weighted by Crippen LogP contribution is -2.44. The van der Waals surface area contributed by atoms with Gasteiger partial charge < -0.3 is 5.32 Å². The number of hydrogen-bond acceptors (Lipinski definition) is 2. The molecule has 0 aliphatic carbocycles. The summed E-state index contributed by atoms with van der Waals surface area (Å²) in [6.07, 6.45) is 2.37. The number of pyridine rings is 1. The minimum Gasteiger partial charge on any atom is -0.346 e. The first-order valence-corrected chi connectivity index (χ1v) is 6.79. The Morgan fingerprint density at radius 2 is 2.05 bits per heavy atom. The third kappa shape index (κ3) is 3.24. The first-order chi connectivity index (χ1) is 9.03. The van der Waals surface area contributed by atoms with Gasteiger partial charge in [-0.3, -0.25) is 9.78 Å². The molecule has 0 spiro atoms. The predicted molar refractivity (Wildman–Crippen MR) is 78.6 cm³/mol. The van der Waals surface area contributed by atoms with Crippen LogP contribution < -0.4 is 5.32 Å². The lowest BCUT2D eigenvalue weighted by Gasteiger charge is -2.25. The standard InChI is InChI=1S/C15H17ClN2O/c1-15(2,8-9-16)18-14(19)13-12-6-4-3-5-11(12)7-10-17-13/h3-7,10H,8-9H2,1-2H3,(H,18,19). The highest BCUT2D eigenvalue weighted by molar-refractivity contribution is 6.17. The molecule has 1 aromatic carbocycles. The molecule has 1 amide bonds. The minimum absolute atomic E-state index is 0.160. The molecule has 0 atom stereocenters. The highest BCUT2D eigenvalue weighted by atomic mass is 35.5. The molecule has 4 heteroatoms. The van der Waals surface area contributed by atoms with E-state index in [1.807, 2.05) is 44.2 Å². The van der Waals surface area contributed by atoms with Gasteiger partial charge in [-0.1, -0.05) is 24.3 Å². The number of carbonyl (C=O) groups is 1. The number of fused-ring (bicyclic) bond motifs is 1. The average molecular weight is 277 g/mol. The maximum absolute atomic E-state index is 12.3. The van der Waals surface area contributed by atoms with E-state index in [4.69, 9.17) is 11.6 Å². The van der Waals surface area contributed by atoms with Crippen LogP contribution in [0.15, 0.2) is 36.5 Å². The highest BCUT2D eigenvalue weighted by Crippen LogP contribution is 2.17. The fourth-order valence-electron chi connectivity index (χ4n) is 1.97. The van der Waals surface area contributed by atoms with Crippen molar-refractivity contribution in [2.75, 3.05) is 5.88 Å². The van der Waals surface area contributed by atoms with Crippen LogP contribution in [0.2, 0.25) is 0 Å². The van der Waals surface area contributed by atoms with E-state index >= 15 is 0 Å². The molecule has 1 heterocycles. The van der Waals surface area contributed by atoms with Crippen LogP contribution in [0.4, 0.5) is 0 Å². The second kappa shape index (κ2) is 5.57. The maximum Gasteiger partial charge on any atom is 0.270 e. The molecule has 100 valence electrons. The Balaban J connectivity index is 2.32. The molecule has 2 rings (SSSR count). The zero-order chi connectivity index (χ0) is 13.9. The number of hydrogen-bond donors (Lipinski definition) is 1. The lowest BCUT2D eigenvalue weighted by molar-refractivity contribution is 0.0908. The molecular weight excluding hydrogens is 260 g/mol. The summed E-state index contributed by atoms with van der Waals surface area (Å²) in [4.78, 5) is 16.5. The zero-order valence-electron chi connectivity index (χ0n) is 11.1. The van der Waals surface area contributed by atoms with Gasteiger partial charge in [-0.05, 0) is 31.7 Å².